The molecule has 10 heteroatoms. The Morgan fingerprint density at radius 3 is 2.62 bits per heavy atom. The molecule has 2 aromatic carbocycles. The van der Waals surface area contributed by atoms with Crippen molar-refractivity contribution in [2.75, 3.05) is 13.1 Å². The van der Waals surface area contributed by atoms with E-state index < -0.39 is 20.9 Å². The lowest BCUT2D eigenvalue weighted by atomic mass is 10.1. The van der Waals surface area contributed by atoms with Crippen molar-refractivity contribution in [3.63, 3.8) is 0 Å². The first-order valence-electron chi connectivity index (χ1n) is 8.98. The van der Waals surface area contributed by atoms with Gasteiger partial charge in [0.1, 0.15) is 0 Å². The highest BCUT2D eigenvalue weighted by atomic mass is 32.2. The smallest absolute Gasteiger partial charge is 0.267 e. The van der Waals surface area contributed by atoms with E-state index in [1.54, 1.807) is 19.1 Å². The predicted octanol–water partition coefficient (Wildman–Crippen LogP) is 2.45. The minimum atomic E-state index is -3.62. The van der Waals surface area contributed by atoms with Gasteiger partial charge in [0.25, 0.3) is 11.6 Å². The lowest BCUT2D eigenvalue weighted by Gasteiger charge is -2.15. The molecule has 0 saturated carbocycles. The Kier molecular flexibility index (Phi) is 6.04. The average molecular weight is 416 g/mol. The molecule has 9 nitrogen and oxygen atoms in total. The molecule has 1 heterocycles. The molecule has 2 aromatic rings. The van der Waals surface area contributed by atoms with Crippen LogP contribution in [0.25, 0.3) is 0 Å². The van der Waals surface area contributed by atoms with Crippen molar-refractivity contribution in [3.05, 3.63) is 69.3 Å². The summed E-state index contributed by atoms with van der Waals surface area (Å²) in [5.74, 6) is -0.582. The predicted molar refractivity (Wildman–Crippen MR) is 107 cm³/mol. The number of carbonyl (C=O) groups is 1. The van der Waals surface area contributed by atoms with E-state index in [9.17, 15) is 23.3 Å². The summed E-state index contributed by atoms with van der Waals surface area (Å²) in [7, 11) is -3.62. The second kappa shape index (κ2) is 8.50. The lowest BCUT2D eigenvalue weighted by Crippen LogP contribution is -2.28. The minimum Gasteiger partial charge on any atom is -0.267 e. The topological polar surface area (TPSA) is 122 Å². The van der Waals surface area contributed by atoms with Crippen molar-refractivity contribution in [1.29, 1.82) is 0 Å². The molecule has 0 aromatic heterocycles. The lowest BCUT2D eigenvalue weighted by molar-refractivity contribution is -0.385. The molecule has 0 spiro atoms. The van der Waals surface area contributed by atoms with Gasteiger partial charge in [0.05, 0.1) is 16.0 Å². The van der Waals surface area contributed by atoms with E-state index in [0.717, 1.165) is 12.8 Å². The molecule has 152 valence electrons. The second-order valence-corrected chi connectivity index (χ2v) is 8.58. The van der Waals surface area contributed by atoms with Gasteiger partial charge in [0, 0.05) is 35.8 Å². The van der Waals surface area contributed by atoms with Gasteiger partial charge in [-0.2, -0.15) is 9.41 Å². The number of nitro groups is 1. The van der Waals surface area contributed by atoms with Crippen molar-refractivity contribution in [3.8, 4) is 0 Å². The summed E-state index contributed by atoms with van der Waals surface area (Å²) in [5.41, 5.74) is 3.39. The molecule has 1 fully saturated rings. The number of aryl methyl sites for hydroxylation is 1. The number of sulfonamides is 1. The van der Waals surface area contributed by atoms with Crippen molar-refractivity contribution in [2.45, 2.75) is 24.7 Å². The standard InChI is InChI=1S/C19H20N4O5S/c1-14-7-8-15(11-18(14)23(25)26)13-20-21-19(24)16-5-4-6-17(12-16)29(27,28)22-9-2-3-10-22/h4-8,11-13H,2-3,9-10H2,1H3,(H,21,24)/b20-13-. The van der Waals surface area contributed by atoms with Crippen LogP contribution in [0.2, 0.25) is 0 Å². The van der Waals surface area contributed by atoms with Crippen LogP contribution in [0.3, 0.4) is 0 Å². The van der Waals surface area contributed by atoms with Crippen LogP contribution in [0.5, 0.6) is 0 Å². The van der Waals surface area contributed by atoms with Gasteiger partial charge in [-0.3, -0.25) is 14.9 Å². The van der Waals surface area contributed by atoms with Gasteiger partial charge < -0.3 is 0 Å². The first-order chi connectivity index (χ1) is 13.8. The molecule has 1 N–H and O–H groups in total. The quantitative estimate of drug-likeness (QED) is 0.440. The van der Waals surface area contributed by atoms with Crippen LogP contribution in [0.1, 0.15) is 34.3 Å². The molecule has 1 saturated heterocycles. The summed E-state index contributed by atoms with van der Waals surface area (Å²) in [5, 5.41) is 14.8. The summed E-state index contributed by atoms with van der Waals surface area (Å²) in [6.45, 7) is 2.58. The van der Waals surface area contributed by atoms with Crippen molar-refractivity contribution in [2.24, 2.45) is 5.10 Å². The zero-order chi connectivity index (χ0) is 21.0. The van der Waals surface area contributed by atoms with E-state index in [4.69, 9.17) is 0 Å². The number of nitrogens with one attached hydrogen (secondary N) is 1. The number of amides is 1. The van der Waals surface area contributed by atoms with Crippen LogP contribution in [0.4, 0.5) is 5.69 Å². The maximum atomic E-state index is 12.6. The number of rotatable bonds is 6. The van der Waals surface area contributed by atoms with Crippen LogP contribution in [0.15, 0.2) is 52.5 Å². The maximum absolute atomic E-state index is 12.6. The molecule has 0 bridgehead atoms. The SMILES string of the molecule is Cc1ccc(/C=N\NC(=O)c2cccc(S(=O)(=O)N3CCCC3)c2)cc1[N+](=O)[O-]. The molecule has 1 aliphatic rings. The van der Waals surface area contributed by atoms with Crippen LogP contribution in [-0.4, -0.2) is 42.9 Å². The second-order valence-electron chi connectivity index (χ2n) is 6.64. The van der Waals surface area contributed by atoms with Gasteiger partial charge in [-0.15, -0.1) is 0 Å². The Hall–Kier alpha value is -3.11. The molecular weight excluding hydrogens is 396 g/mol. The first-order valence-corrected chi connectivity index (χ1v) is 10.4. The first kappa shape index (κ1) is 20.6. The van der Waals surface area contributed by atoms with Gasteiger partial charge in [-0.1, -0.05) is 18.2 Å². The van der Waals surface area contributed by atoms with E-state index in [-0.39, 0.29) is 16.1 Å². The van der Waals surface area contributed by atoms with Gasteiger partial charge in [0.15, 0.2) is 0 Å². The number of nitro benzene ring substituents is 1. The minimum absolute atomic E-state index is 0.0416. The maximum Gasteiger partial charge on any atom is 0.272 e. The third-order valence-corrected chi connectivity index (χ3v) is 6.50. The average Bonchev–Trinajstić information content (AvgIpc) is 3.25. The van der Waals surface area contributed by atoms with Crippen LogP contribution in [0, 0.1) is 17.0 Å². The normalized spacial score (nSPS) is 14.9. The molecule has 0 unspecified atom stereocenters. The van der Waals surface area contributed by atoms with Gasteiger partial charge >= 0.3 is 0 Å². The number of benzene rings is 2. The summed E-state index contributed by atoms with van der Waals surface area (Å²) in [6, 6.07) is 10.4. The molecule has 3 rings (SSSR count). The van der Waals surface area contributed by atoms with E-state index in [0.29, 0.717) is 24.2 Å². The third kappa shape index (κ3) is 4.66. The Labute approximate surface area is 168 Å². The number of hydrazone groups is 1. The van der Waals surface area contributed by atoms with Crippen LogP contribution < -0.4 is 5.43 Å². The number of nitrogens with zero attached hydrogens (tertiary/aromatic N) is 3. The van der Waals surface area contributed by atoms with E-state index in [1.165, 1.54) is 40.9 Å². The zero-order valence-corrected chi connectivity index (χ0v) is 16.6. The highest BCUT2D eigenvalue weighted by molar-refractivity contribution is 7.89. The highest BCUT2D eigenvalue weighted by Crippen LogP contribution is 2.21. The molecule has 0 aliphatic carbocycles. The fourth-order valence-corrected chi connectivity index (χ4v) is 4.57. The third-order valence-electron chi connectivity index (χ3n) is 4.61. The fraction of sp³-hybridized carbons (Fsp3) is 0.263. The summed E-state index contributed by atoms with van der Waals surface area (Å²) >= 11 is 0. The Morgan fingerprint density at radius 1 is 1.21 bits per heavy atom. The summed E-state index contributed by atoms with van der Waals surface area (Å²) in [6.07, 6.45) is 2.94. The zero-order valence-electron chi connectivity index (χ0n) is 15.7. The molecule has 1 aliphatic heterocycles. The summed E-state index contributed by atoms with van der Waals surface area (Å²) in [4.78, 5) is 22.9. The fourth-order valence-electron chi connectivity index (χ4n) is 3.01. The Morgan fingerprint density at radius 2 is 1.93 bits per heavy atom. The van der Waals surface area contributed by atoms with Gasteiger partial charge in [0.2, 0.25) is 10.0 Å². The van der Waals surface area contributed by atoms with Gasteiger partial charge in [-0.25, -0.2) is 13.8 Å². The Bertz CT molecular complexity index is 1080. The highest BCUT2D eigenvalue weighted by Gasteiger charge is 2.27. The van der Waals surface area contributed by atoms with Crippen molar-refractivity contribution >= 4 is 27.8 Å². The molecule has 0 atom stereocenters. The summed E-state index contributed by atoms with van der Waals surface area (Å²) < 4.78 is 26.7. The Balaban J connectivity index is 1.72. The molecular formula is C19H20N4O5S. The number of hydrogen-bond donors (Lipinski definition) is 1. The number of carbonyl (C=O) groups excluding carboxylic acids is 1. The van der Waals surface area contributed by atoms with E-state index in [2.05, 4.69) is 10.5 Å². The van der Waals surface area contributed by atoms with Crippen molar-refractivity contribution < 1.29 is 18.1 Å². The monoisotopic (exact) mass is 416 g/mol. The van der Waals surface area contributed by atoms with Gasteiger partial charge in [-0.05, 0) is 38.0 Å². The van der Waals surface area contributed by atoms with E-state index in [1.807, 2.05) is 0 Å². The molecule has 1 amide bonds. The molecule has 29 heavy (non-hydrogen) atoms. The van der Waals surface area contributed by atoms with Crippen molar-refractivity contribution in [1.82, 2.24) is 9.73 Å². The van der Waals surface area contributed by atoms with Crippen LogP contribution in [-0.2, 0) is 10.0 Å². The molecule has 0 radical (unpaired) electrons. The van der Waals surface area contributed by atoms with Crippen LogP contribution >= 0.6 is 0 Å². The van der Waals surface area contributed by atoms with E-state index >= 15 is 0 Å². The number of hydrogen-bond acceptors (Lipinski definition) is 6. The largest absolute Gasteiger partial charge is 0.272 e.